The molecule has 0 bridgehead atoms. The van der Waals surface area contributed by atoms with E-state index >= 15 is 0 Å². The third-order valence-corrected chi connectivity index (χ3v) is 6.77. The van der Waals surface area contributed by atoms with Gasteiger partial charge in [0.05, 0.1) is 0 Å². The number of pyridine rings is 1. The summed E-state index contributed by atoms with van der Waals surface area (Å²) in [5, 5.41) is 4.90. The van der Waals surface area contributed by atoms with Gasteiger partial charge in [0.15, 0.2) is 0 Å². The number of hydrogen-bond donors (Lipinski definition) is 1. The smallest absolute Gasteiger partial charge is 0.246 e. The summed E-state index contributed by atoms with van der Waals surface area (Å²) >= 11 is 1.79. The number of hydrogen-bond acceptors (Lipinski definition) is 4. The standard InChI is InChI=1S/C22H21N3O2S/c26-20-5-4-15-8-14(11-23-22(15)24-20)3-6-21(27)25-12-17-9-16(10-18(17)13-25)19-2-1-7-28-19/h1-3,6-9,11,17-18H,4-5,10,12-13H2,(H,23,24,26). The van der Waals surface area contributed by atoms with Crippen LogP contribution in [0.15, 0.2) is 41.9 Å². The Morgan fingerprint density at radius 2 is 2.25 bits per heavy atom. The van der Waals surface area contributed by atoms with Gasteiger partial charge >= 0.3 is 0 Å². The molecule has 0 aromatic carbocycles. The van der Waals surface area contributed by atoms with Crippen LogP contribution < -0.4 is 5.32 Å². The number of nitrogens with one attached hydrogen (secondary N) is 1. The summed E-state index contributed by atoms with van der Waals surface area (Å²) in [5.41, 5.74) is 3.36. The van der Waals surface area contributed by atoms with E-state index in [1.807, 2.05) is 17.0 Å². The van der Waals surface area contributed by atoms with Gasteiger partial charge in [-0.2, -0.15) is 0 Å². The second-order valence-corrected chi connectivity index (χ2v) is 8.65. The van der Waals surface area contributed by atoms with Crippen molar-refractivity contribution in [3.63, 3.8) is 0 Å². The summed E-state index contributed by atoms with van der Waals surface area (Å²) in [5.74, 6) is 1.73. The zero-order valence-electron chi connectivity index (χ0n) is 15.4. The summed E-state index contributed by atoms with van der Waals surface area (Å²) in [6.45, 7) is 1.63. The maximum Gasteiger partial charge on any atom is 0.246 e. The number of thiophene rings is 1. The number of aryl methyl sites for hydroxylation is 1. The lowest BCUT2D eigenvalue weighted by Gasteiger charge is -2.16. The van der Waals surface area contributed by atoms with Gasteiger partial charge < -0.3 is 10.2 Å². The molecule has 1 N–H and O–H groups in total. The van der Waals surface area contributed by atoms with Crippen molar-refractivity contribution in [3.8, 4) is 0 Å². The molecule has 0 saturated carbocycles. The third kappa shape index (κ3) is 3.29. The third-order valence-electron chi connectivity index (χ3n) is 5.82. The largest absolute Gasteiger partial charge is 0.338 e. The van der Waals surface area contributed by atoms with E-state index in [9.17, 15) is 9.59 Å². The van der Waals surface area contributed by atoms with Gasteiger partial charge in [-0.15, -0.1) is 11.3 Å². The molecule has 5 nitrogen and oxygen atoms in total. The first-order valence-electron chi connectivity index (χ1n) is 9.66. The first-order valence-corrected chi connectivity index (χ1v) is 10.5. The minimum Gasteiger partial charge on any atom is -0.338 e. The monoisotopic (exact) mass is 391 g/mol. The molecule has 2 atom stereocenters. The molecule has 142 valence electrons. The molecule has 1 aliphatic carbocycles. The van der Waals surface area contributed by atoms with Gasteiger partial charge in [-0.05, 0) is 65.0 Å². The van der Waals surface area contributed by atoms with E-state index in [-0.39, 0.29) is 11.8 Å². The Bertz CT molecular complexity index is 993. The normalized spacial score (nSPS) is 23.5. The molecule has 0 radical (unpaired) electrons. The van der Waals surface area contributed by atoms with E-state index in [2.05, 4.69) is 33.9 Å². The summed E-state index contributed by atoms with van der Waals surface area (Å²) in [4.78, 5) is 31.7. The van der Waals surface area contributed by atoms with Crippen LogP contribution in [0.25, 0.3) is 11.6 Å². The van der Waals surface area contributed by atoms with Gasteiger partial charge in [-0.25, -0.2) is 4.98 Å². The number of fused-ring (bicyclic) bond motifs is 2. The van der Waals surface area contributed by atoms with Crippen LogP contribution in [0.3, 0.4) is 0 Å². The predicted octanol–water partition coefficient (Wildman–Crippen LogP) is 3.60. The fraction of sp³-hybridized carbons (Fsp3) is 0.318. The molecule has 28 heavy (non-hydrogen) atoms. The predicted molar refractivity (Wildman–Crippen MR) is 111 cm³/mol. The average Bonchev–Trinajstić information content (AvgIpc) is 3.41. The fourth-order valence-corrected chi connectivity index (χ4v) is 5.14. The Kier molecular flexibility index (Phi) is 4.36. The van der Waals surface area contributed by atoms with Crippen molar-refractivity contribution >= 4 is 40.6 Å². The van der Waals surface area contributed by atoms with Crippen molar-refractivity contribution in [2.75, 3.05) is 18.4 Å². The van der Waals surface area contributed by atoms with Gasteiger partial charge in [0.25, 0.3) is 0 Å². The molecule has 2 unspecified atom stereocenters. The van der Waals surface area contributed by atoms with Crippen molar-refractivity contribution in [3.05, 3.63) is 57.9 Å². The van der Waals surface area contributed by atoms with Crippen molar-refractivity contribution in [2.24, 2.45) is 11.8 Å². The van der Waals surface area contributed by atoms with Crippen molar-refractivity contribution < 1.29 is 9.59 Å². The molecule has 4 heterocycles. The highest BCUT2D eigenvalue weighted by Crippen LogP contribution is 2.42. The van der Waals surface area contributed by atoms with E-state index in [1.54, 1.807) is 23.6 Å². The number of nitrogens with zero attached hydrogens (tertiary/aromatic N) is 2. The summed E-state index contributed by atoms with van der Waals surface area (Å²) < 4.78 is 0. The number of anilines is 1. The molecular formula is C22H21N3O2S. The van der Waals surface area contributed by atoms with Crippen LogP contribution >= 0.6 is 11.3 Å². The van der Waals surface area contributed by atoms with Crippen LogP contribution in [0.1, 0.15) is 28.8 Å². The highest BCUT2D eigenvalue weighted by molar-refractivity contribution is 7.11. The zero-order valence-corrected chi connectivity index (χ0v) is 16.2. The molecule has 0 spiro atoms. The number of carbonyl (C=O) groups excluding carboxylic acids is 2. The number of carbonyl (C=O) groups is 2. The second kappa shape index (κ2) is 7.02. The van der Waals surface area contributed by atoms with Crippen LogP contribution in [-0.2, 0) is 16.0 Å². The Morgan fingerprint density at radius 1 is 1.32 bits per heavy atom. The quantitative estimate of drug-likeness (QED) is 0.813. The highest BCUT2D eigenvalue weighted by atomic mass is 32.1. The zero-order chi connectivity index (χ0) is 19.1. The lowest BCUT2D eigenvalue weighted by atomic mass is 10.00. The van der Waals surface area contributed by atoms with Gasteiger partial charge in [-0.1, -0.05) is 12.1 Å². The lowest BCUT2D eigenvalue weighted by molar-refractivity contribution is -0.125. The number of likely N-dealkylation sites (tertiary alicyclic amines) is 1. The second-order valence-electron chi connectivity index (χ2n) is 7.70. The molecule has 1 saturated heterocycles. The number of amides is 2. The fourth-order valence-electron chi connectivity index (χ4n) is 4.37. The molecule has 5 rings (SSSR count). The van der Waals surface area contributed by atoms with Gasteiger partial charge in [0, 0.05) is 36.7 Å². The summed E-state index contributed by atoms with van der Waals surface area (Å²) in [6, 6.07) is 6.28. The van der Waals surface area contributed by atoms with E-state index in [0.29, 0.717) is 30.5 Å². The van der Waals surface area contributed by atoms with E-state index < -0.39 is 0 Å². The van der Waals surface area contributed by atoms with Crippen molar-refractivity contribution in [2.45, 2.75) is 19.3 Å². The molecule has 2 aliphatic heterocycles. The molecule has 2 aromatic rings. The maximum atomic E-state index is 12.6. The topological polar surface area (TPSA) is 62.3 Å². The molecule has 2 amide bonds. The molecule has 2 aromatic heterocycles. The van der Waals surface area contributed by atoms with E-state index in [4.69, 9.17) is 0 Å². The summed E-state index contributed by atoms with van der Waals surface area (Å²) in [6.07, 6.45) is 9.79. The summed E-state index contributed by atoms with van der Waals surface area (Å²) in [7, 11) is 0. The van der Waals surface area contributed by atoms with Crippen LogP contribution in [0, 0.1) is 11.8 Å². The Labute approximate surface area is 167 Å². The number of aromatic nitrogens is 1. The number of allylic oxidation sites excluding steroid dienone is 1. The first-order chi connectivity index (χ1) is 13.7. The van der Waals surface area contributed by atoms with Crippen molar-refractivity contribution in [1.29, 1.82) is 0 Å². The molecule has 6 heteroatoms. The van der Waals surface area contributed by atoms with Crippen molar-refractivity contribution in [1.82, 2.24) is 9.88 Å². The minimum atomic E-state index is 0.00865. The highest BCUT2D eigenvalue weighted by Gasteiger charge is 2.37. The Morgan fingerprint density at radius 3 is 3.07 bits per heavy atom. The van der Waals surface area contributed by atoms with Gasteiger partial charge in [0.1, 0.15) is 5.82 Å². The maximum absolute atomic E-state index is 12.6. The van der Waals surface area contributed by atoms with Crippen LogP contribution in [0.2, 0.25) is 0 Å². The van der Waals surface area contributed by atoms with Crippen LogP contribution in [0.5, 0.6) is 0 Å². The first kappa shape index (κ1) is 17.4. The number of rotatable bonds is 3. The lowest BCUT2D eigenvalue weighted by Crippen LogP contribution is -2.27. The van der Waals surface area contributed by atoms with Gasteiger partial charge in [0.2, 0.25) is 11.8 Å². The molecular weight excluding hydrogens is 370 g/mol. The van der Waals surface area contributed by atoms with Crippen LogP contribution in [0.4, 0.5) is 5.82 Å². The molecule has 1 fully saturated rings. The minimum absolute atomic E-state index is 0.00865. The average molecular weight is 391 g/mol. The Hall–Kier alpha value is -2.73. The van der Waals surface area contributed by atoms with E-state index in [1.165, 1.54) is 10.5 Å². The van der Waals surface area contributed by atoms with Crippen LogP contribution in [-0.4, -0.2) is 34.8 Å². The van der Waals surface area contributed by atoms with E-state index in [0.717, 1.165) is 30.6 Å². The Balaban J connectivity index is 1.23. The SMILES string of the molecule is O=C1CCc2cc(C=CC(=O)N3CC4C=C(c5cccs5)CC4C3)cnc2N1. The van der Waals surface area contributed by atoms with Gasteiger partial charge in [-0.3, -0.25) is 9.59 Å². The molecule has 3 aliphatic rings.